The van der Waals surface area contributed by atoms with Crippen LogP contribution in [0.4, 0.5) is 0 Å². The summed E-state index contributed by atoms with van der Waals surface area (Å²) in [5, 5.41) is 0. The minimum Gasteiger partial charge on any atom is -0.372 e. The Morgan fingerprint density at radius 1 is 1.35 bits per heavy atom. The molecule has 3 nitrogen and oxygen atoms in total. The van der Waals surface area contributed by atoms with E-state index in [1.54, 1.807) is 0 Å². The normalized spacial score (nSPS) is 23.4. The van der Waals surface area contributed by atoms with Crippen molar-refractivity contribution in [2.45, 2.75) is 37.7 Å². The standard InChI is InChI=1S/C16H20BrNO2/c1-15(2)11-18(8-9-20-15)14(19)16(6-7-16)12-4-3-5-13(17)10-12/h3-5,10H,6-9,11H2,1-2H3. The molecule has 2 fully saturated rings. The van der Waals surface area contributed by atoms with Gasteiger partial charge in [0.05, 0.1) is 17.6 Å². The summed E-state index contributed by atoms with van der Waals surface area (Å²) in [5.41, 5.74) is 0.625. The number of benzene rings is 1. The largest absolute Gasteiger partial charge is 0.372 e. The van der Waals surface area contributed by atoms with Crippen molar-refractivity contribution in [3.8, 4) is 0 Å². The maximum Gasteiger partial charge on any atom is 0.233 e. The number of nitrogens with zero attached hydrogens (tertiary/aromatic N) is 1. The second-order valence-corrected chi connectivity index (χ2v) is 7.34. The van der Waals surface area contributed by atoms with E-state index in [9.17, 15) is 4.79 Å². The van der Waals surface area contributed by atoms with Gasteiger partial charge in [0.25, 0.3) is 0 Å². The number of carbonyl (C=O) groups excluding carboxylic acids is 1. The Hall–Kier alpha value is -0.870. The summed E-state index contributed by atoms with van der Waals surface area (Å²) >= 11 is 3.50. The van der Waals surface area contributed by atoms with Gasteiger partial charge in [-0.15, -0.1) is 0 Å². The topological polar surface area (TPSA) is 29.5 Å². The summed E-state index contributed by atoms with van der Waals surface area (Å²) in [7, 11) is 0. The van der Waals surface area contributed by atoms with E-state index >= 15 is 0 Å². The lowest BCUT2D eigenvalue weighted by molar-refractivity contribution is -0.148. The van der Waals surface area contributed by atoms with Crippen molar-refractivity contribution < 1.29 is 9.53 Å². The molecule has 0 atom stereocenters. The summed E-state index contributed by atoms with van der Waals surface area (Å²) in [5.74, 6) is 0.270. The third-order valence-electron chi connectivity index (χ3n) is 4.25. The van der Waals surface area contributed by atoms with Gasteiger partial charge in [-0.3, -0.25) is 4.79 Å². The van der Waals surface area contributed by atoms with Crippen LogP contribution in [0, 0.1) is 0 Å². The maximum atomic E-state index is 12.9. The zero-order valence-electron chi connectivity index (χ0n) is 12.0. The summed E-state index contributed by atoms with van der Waals surface area (Å²) in [6.07, 6.45) is 1.92. The molecule has 1 amide bonds. The molecule has 0 radical (unpaired) electrons. The highest BCUT2D eigenvalue weighted by atomic mass is 79.9. The Morgan fingerprint density at radius 3 is 2.70 bits per heavy atom. The summed E-state index contributed by atoms with van der Waals surface area (Å²) in [6, 6.07) is 8.16. The van der Waals surface area contributed by atoms with Gasteiger partial charge >= 0.3 is 0 Å². The molecule has 3 rings (SSSR count). The molecule has 20 heavy (non-hydrogen) atoms. The average Bonchev–Trinajstić information content (AvgIpc) is 3.18. The molecule has 0 aromatic heterocycles. The number of morpholine rings is 1. The lowest BCUT2D eigenvalue weighted by Gasteiger charge is -2.39. The predicted octanol–water partition coefficient (Wildman–Crippen LogP) is 3.12. The minimum atomic E-state index is -0.281. The van der Waals surface area contributed by atoms with E-state index in [0.29, 0.717) is 19.7 Å². The van der Waals surface area contributed by atoms with Gasteiger partial charge in [-0.05, 0) is 44.4 Å². The van der Waals surface area contributed by atoms with Crippen LogP contribution in [0.5, 0.6) is 0 Å². The third kappa shape index (κ3) is 2.51. The molecule has 1 heterocycles. The van der Waals surface area contributed by atoms with Crippen LogP contribution in [0.15, 0.2) is 28.7 Å². The van der Waals surface area contributed by atoms with Gasteiger partial charge in [-0.2, -0.15) is 0 Å². The Morgan fingerprint density at radius 2 is 2.10 bits per heavy atom. The lowest BCUT2D eigenvalue weighted by Crippen LogP contribution is -2.53. The van der Waals surface area contributed by atoms with Crippen molar-refractivity contribution in [2.24, 2.45) is 0 Å². The fourth-order valence-electron chi connectivity index (χ4n) is 3.03. The highest BCUT2D eigenvalue weighted by Gasteiger charge is 2.53. The first-order valence-electron chi connectivity index (χ1n) is 7.12. The molecule has 0 bridgehead atoms. The highest BCUT2D eigenvalue weighted by molar-refractivity contribution is 9.10. The fourth-order valence-corrected chi connectivity index (χ4v) is 3.43. The molecule has 0 N–H and O–H groups in total. The van der Waals surface area contributed by atoms with Crippen molar-refractivity contribution in [2.75, 3.05) is 19.7 Å². The van der Waals surface area contributed by atoms with E-state index in [1.807, 2.05) is 30.9 Å². The van der Waals surface area contributed by atoms with E-state index in [4.69, 9.17) is 4.74 Å². The van der Waals surface area contributed by atoms with E-state index < -0.39 is 0 Å². The number of hydrogen-bond acceptors (Lipinski definition) is 2. The van der Waals surface area contributed by atoms with Crippen molar-refractivity contribution in [1.29, 1.82) is 0 Å². The SMILES string of the molecule is CC1(C)CN(C(=O)C2(c3cccc(Br)c3)CC2)CCO1. The summed E-state index contributed by atoms with van der Waals surface area (Å²) < 4.78 is 6.74. The van der Waals surface area contributed by atoms with Gasteiger partial charge in [0.15, 0.2) is 0 Å². The first kappa shape index (κ1) is 14.1. The Labute approximate surface area is 128 Å². The van der Waals surface area contributed by atoms with Crippen molar-refractivity contribution in [1.82, 2.24) is 4.90 Å². The second kappa shape index (κ2) is 4.85. The smallest absolute Gasteiger partial charge is 0.233 e. The number of ether oxygens (including phenoxy) is 1. The van der Waals surface area contributed by atoms with E-state index in [0.717, 1.165) is 22.9 Å². The van der Waals surface area contributed by atoms with Crippen molar-refractivity contribution >= 4 is 21.8 Å². The van der Waals surface area contributed by atoms with Gasteiger partial charge in [-0.25, -0.2) is 0 Å². The Bertz CT molecular complexity index is 537. The molecule has 2 aliphatic rings. The molecule has 1 aliphatic heterocycles. The van der Waals surface area contributed by atoms with Crippen LogP contribution >= 0.6 is 15.9 Å². The predicted molar refractivity (Wildman–Crippen MR) is 81.7 cm³/mol. The second-order valence-electron chi connectivity index (χ2n) is 6.43. The van der Waals surface area contributed by atoms with Gasteiger partial charge in [0.2, 0.25) is 5.91 Å². The monoisotopic (exact) mass is 337 g/mol. The number of amides is 1. The zero-order valence-corrected chi connectivity index (χ0v) is 13.6. The van der Waals surface area contributed by atoms with Crippen LogP contribution in [-0.4, -0.2) is 36.1 Å². The van der Waals surface area contributed by atoms with Crippen LogP contribution in [-0.2, 0) is 14.9 Å². The zero-order chi connectivity index (χ0) is 14.4. The number of carbonyl (C=O) groups is 1. The molecule has 0 unspecified atom stereocenters. The summed E-state index contributed by atoms with van der Waals surface area (Å²) in [4.78, 5) is 14.9. The molecule has 108 valence electrons. The van der Waals surface area contributed by atoms with Gasteiger partial charge in [-0.1, -0.05) is 28.1 Å². The quantitative estimate of drug-likeness (QED) is 0.829. The first-order valence-corrected chi connectivity index (χ1v) is 7.92. The van der Waals surface area contributed by atoms with Crippen LogP contribution in [0.25, 0.3) is 0 Å². The van der Waals surface area contributed by atoms with Gasteiger partial charge in [0.1, 0.15) is 0 Å². The fraction of sp³-hybridized carbons (Fsp3) is 0.562. The Balaban J connectivity index is 1.83. The maximum absolute atomic E-state index is 12.9. The average molecular weight is 338 g/mol. The van der Waals surface area contributed by atoms with E-state index in [-0.39, 0.29) is 16.9 Å². The molecular weight excluding hydrogens is 318 g/mol. The number of rotatable bonds is 2. The van der Waals surface area contributed by atoms with Gasteiger partial charge in [0, 0.05) is 17.6 Å². The molecule has 1 saturated heterocycles. The van der Waals surface area contributed by atoms with Crippen LogP contribution in [0.3, 0.4) is 0 Å². The van der Waals surface area contributed by atoms with Gasteiger partial charge < -0.3 is 9.64 Å². The van der Waals surface area contributed by atoms with Crippen molar-refractivity contribution in [3.05, 3.63) is 34.3 Å². The molecule has 0 spiro atoms. The van der Waals surface area contributed by atoms with Crippen LogP contribution in [0.2, 0.25) is 0 Å². The summed E-state index contributed by atoms with van der Waals surface area (Å²) in [6.45, 7) is 6.11. The van der Waals surface area contributed by atoms with E-state index in [1.165, 1.54) is 0 Å². The molecular formula is C16H20BrNO2. The molecule has 4 heteroatoms. The molecule has 1 aliphatic carbocycles. The van der Waals surface area contributed by atoms with Crippen molar-refractivity contribution in [3.63, 3.8) is 0 Å². The lowest BCUT2D eigenvalue weighted by atomic mass is 9.93. The molecule has 1 aromatic carbocycles. The van der Waals surface area contributed by atoms with E-state index in [2.05, 4.69) is 28.1 Å². The van der Waals surface area contributed by atoms with Crippen LogP contribution in [0.1, 0.15) is 32.3 Å². The molecule has 1 saturated carbocycles. The molecule has 1 aromatic rings. The minimum absolute atomic E-state index is 0.235. The number of halogens is 1. The first-order chi connectivity index (χ1) is 9.43. The number of hydrogen-bond donors (Lipinski definition) is 0. The highest BCUT2D eigenvalue weighted by Crippen LogP contribution is 2.50. The third-order valence-corrected chi connectivity index (χ3v) is 4.74. The van der Waals surface area contributed by atoms with Crippen LogP contribution < -0.4 is 0 Å². The Kier molecular flexibility index (Phi) is 3.41.